The third kappa shape index (κ3) is 5.12. The summed E-state index contributed by atoms with van der Waals surface area (Å²) in [7, 11) is 0. The lowest BCUT2D eigenvalue weighted by Crippen LogP contribution is -2.43. The van der Waals surface area contributed by atoms with Crippen LogP contribution in [0.3, 0.4) is 0 Å². The zero-order valence-corrected chi connectivity index (χ0v) is 17.4. The lowest BCUT2D eigenvalue weighted by molar-refractivity contribution is 0.130. The topological polar surface area (TPSA) is 18.8 Å². The molecule has 1 heterocycles. The molecular weight excluding hydrogens is 354 g/mol. The maximum absolute atomic E-state index is 4.89. The van der Waals surface area contributed by atoms with Gasteiger partial charge in [-0.25, -0.2) is 0 Å². The molecule has 1 fully saturated rings. The minimum absolute atomic E-state index is 0.977. The summed E-state index contributed by atoms with van der Waals surface area (Å²) in [5, 5.41) is 7.10. The smallest absolute Gasteiger partial charge is 0.0646 e. The average molecular weight is 384 g/mol. The minimum atomic E-state index is 0.977. The molecule has 4 rings (SSSR count). The van der Waals surface area contributed by atoms with E-state index >= 15 is 0 Å². The molecule has 3 heteroatoms. The maximum Gasteiger partial charge on any atom is 0.0646 e. The van der Waals surface area contributed by atoms with E-state index in [0.29, 0.717) is 0 Å². The van der Waals surface area contributed by atoms with Gasteiger partial charge in [-0.2, -0.15) is 5.10 Å². The quantitative estimate of drug-likeness (QED) is 0.564. The predicted molar refractivity (Wildman–Crippen MR) is 122 cm³/mol. The van der Waals surface area contributed by atoms with E-state index in [1.54, 1.807) is 0 Å². The van der Waals surface area contributed by atoms with Gasteiger partial charge in [-0.15, -0.1) is 0 Å². The Morgan fingerprint density at radius 1 is 0.759 bits per heavy atom. The van der Waals surface area contributed by atoms with Crippen molar-refractivity contribution in [1.29, 1.82) is 0 Å². The molecule has 0 atom stereocenters. The van der Waals surface area contributed by atoms with Crippen LogP contribution in [0.2, 0.25) is 0 Å². The Morgan fingerprint density at radius 3 is 2.03 bits per heavy atom. The fourth-order valence-corrected chi connectivity index (χ4v) is 3.75. The zero-order valence-electron chi connectivity index (χ0n) is 17.4. The van der Waals surface area contributed by atoms with Crippen molar-refractivity contribution in [3.8, 4) is 11.1 Å². The van der Waals surface area contributed by atoms with Crippen LogP contribution >= 0.6 is 0 Å². The molecule has 0 amide bonds. The van der Waals surface area contributed by atoms with Gasteiger partial charge in [0.25, 0.3) is 0 Å². The van der Waals surface area contributed by atoms with E-state index in [0.717, 1.165) is 38.4 Å². The highest BCUT2D eigenvalue weighted by atomic mass is 15.5. The van der Waals surface area contributed by atoms with Crippen LogP contribution in [-0.4, -0.2) is 41.8 Å². The molecule has 0 bridgehead atoms. The lowest BCUT2D eigenvalue weighted by Gasteiger charge is -2.33. The van der Waals surface area contributed by atoms with Crippen LogP contribution in [0.1, 0.15) is 23.6 Å². The van der Waals surface area contributed by atoms with Crippen LogP contribution in [0.25, 0.3) is 11.1 Å². The molecule has 0 aromatic heterocycles. The van der Waals surface area contributed by atoms with Gasteiger partial charge in [-0.05, 0) is 36.1 Å². The van der Waals surface area contributed by atoms with Crippen LogP contribution in [0.4, 0.5) is 0 Å². The van der Waals surface area contributed by atoms with Crippen molar-refractivity contribution in [2.24, 2.45) is 5.10 Å². The Morgan fingerprint density at radius 2 is 1.38 bits per heavy atom. The summed E-state index contributed by atoms with van der Waals surface area (Å²) < 4.78 is 0. The Bertz CT molecular complexity index is 936. The maximum atomic E-state index is 4.89. The van der Waals surface area contributed by atoms with Gasteiger partial charge in [0.1, 0.15) is 0 Å². The third-order valence-corrected chi connectivity index (χ3v) is 5.58. The van der Waals surface area contributed by atoms with E-state index in [2.05, 4.69) is 103 Å². The van der Waals surface area contributed by atoms with Gasteiger partial charge in [-0.3, -0.25) is 9.91 Å². The van der Waals surface area contributed by atoms with E-state index in [-0.39, 0.29) is 0 Å². The molecule has 3 aromatic carbocycles. The number of piperazine rings is 1. The van der Waals surface area contributed by atoms with Crippen LogP contribution in [0, 0.1) is 6.92 Å². The summed E-state index contributed by atoms with van der Waals surface area (Å²) in [4.78, 5) is 2.51. The highest BCUT2D eigenvalue weighted by Crippen LogP contribution is 2.20. The number of benzene rings is 3. The Balaban J connectivity index is 1.33. The second kappa shape index (κ2) is 9.06. The van der Waals surface area contributed by atoms with Crippen molar-refractivity contribution >= 4 is 5.71 Å². The van der Waals surface area contributed by atoms with E-state index in [9.17, 15) is 0 Å². The molecule has 148 valence electrons. The first-order chi connectivity index (χ1) is 14.2. The lowest BCUT2D eigenvalue weighted by atomic mass is 10.0. The number of hydrazone groups is 1. The second-order valence-corrected chi connectivity index (χ2v) is 7.84. The highest BCUT2D eigenvalue weighted by Gasteiger charge is 2.16. The molecule has 0 unspecified atom stereocenters. The molecule has 0 spiro atoms. The van der Waals surface area contributed by atoms with Crippen molar-refractivity contribution in [2.75, 3.05) is 26.2 Å². The Hall–Kier alpha value is -2.91. The number of nitrogens with zero attached hydrogens (tertiary/aromatic N) is 3. The van der Waals surface area contributed by atoms with Crippen LogP contribution in [0.15, 0.2) is 84.0 Å². The molecular formula is C26H29N3. The first-order valence-corrected chi connectivity index (χ1v) is 10.4. The van der Waals surface area contributed by atoms with Crippen LogP contribution in [-0.2, 0) is 6.54 Å². The largest absolute Gasteiger partial charge is 0.295 e. The van der Waals surface area contributed by atoms with E-state index in [1.165, 1.54) is 27.8 Å². The average Bonchev–Trinajstić information content (AvgIpc) is 2.77. The van der Waals surface area contributed by atoms with Crippen molar-refractivity contribution in [3.05, 3.63) is 95.6 Å². The standard InChI is InChI=1S/C26H29N3/c1-21-8-10-23(11-9-21)20-28-16-18-29(19-17-28)27-22(2)24-12-14-26(15-13-24)25-6-4-3-5-7-25/h3-15H,16-20H2,1-2H3. The highest BCUT2D eigenvalue weighted by molar-refractivity contribution is 5.98. The normalized spacial score (nSPS) is 15.5. The van der Waals surface area contributed by atoms with Gasteiger partial charge in [0.15, 0.2) is 0 Å². The molecule has 3 aromatic rings. The number of rotatable bonds is 5. The Kier molecular flexibility index (Phi) is 6.06. The summed E-state index contributed by atoms with van der Waals surface area (Å²) in [6.07, 6.45) is 0. The SMILES string of the molecule is CC(=NN1CCN(Cc2ccc(C)cc2)CC1)c1ccc(-c2ccccc2)cc1. The number of hydrogen-bond donors (Lipinski definition) is 0. The molecule has 0 aliphatic carbocycles. The second-order valence-electron chi connectivity index (χ2n) is 7.84. The number of aryl methyl sites for hydroxylation is 1. The zero-order chi connectivity index (χ0) is 20.1. The first kappa shape index (κ1) is 19.4. The van der Waals surface area contributed by atoms with E-state index in [4.69, 9.17) is 5.10 Å². The van der Waals surface area contributed by atoms with Gasteiger partial charge in [0.05, 0.1) is 5.71 Å². The fraction of sp³-hybridized carbons (Fsp3) is 0.269. The molecule has 29 heavy (non-hydrogen) atoms. The van der Waals surface area contributed by atoms with Gasteiger partial charge in [-0.1, -0.05) is 84.4 Å². The first-order valence-electron chi connectivity index (χ1n) is 10.4. The van der Waals surface area contributed by atoms with Gasteiger partial charge in [0.2, 0.25) is 0 Å². The molecule has 1 aliphatic rings. The fourth-order valence-electron chi connectivity index (χ4n) is 3.75. The molecule has 1 aliphatic heterocycles. The predicted octanol–water partition coefficient (Wildman–Crippen LogP) is 5.20. The summed E-state index contributed by atoms with van der Waals surface area (Å²) in [5.41, 5.74) is 7.47. The molecule has 0 N–H and O–H groups in total. The van der Waals surface area contributed by atoms with Gasteiger partial charge < -0.3 is 0 Å². The number of hydrogen-bond acceptors (Lipinski definition) is 3. The van der Waals surface area contributed by atoms with E-state index < -0.39 is 0 Å². The summed E-state index contributed by atoms with van der Waals surface area (Å²) >= 11 is 0. The van der Waals surface area contributed by atoms with Crippen molar-refractivity contribution in [3.63, 3.8) is 0 Å². The van der Waals surface area contributed by atoms with Crippen molar-refractivity contribution in [2.45, 2.75) is 20.4 Å². The van der Waals surface area contributed by atoms with Gasteiger partial charge in [0, 0.05) is 32.7 Å². The summed E-state index contributed by atoms with van der Waals surface area (Å²) in [6, 6.07) is 28.1. The van der Waals surface area contributed by atoms with Crippen molar-refractivity contribution < 1.29 is 0 Å². The molecule has 0 radical (unpaired) electrons. The Labute approximate surface area is 174 Å². The van der Waals surface area contributed by atoms with E-state index in [1.807, 2.05) is 0 Å². The van der Waals surface area contributed by atoms with Crippen molar-refractivity contribution in [1.82, 2.24) is 9.91 Å². The van der Waals surface area contributed by atoms with Crippen LogP contribution < -0.4 is 0 Å². The van der Waals surface area contributed by atoms with Crippen LogP contribution in [0.5, 0.6) is 0 Å². The molecule has 0 saturated carbocycles. The van der Waals surface area contributed by atoms with Gasteiger partial charge >= 0.3 is 0 Å². The monoisotopic (exact) mass is 383 g/mol. The summed E-state index contributed by atoms with van der Waals surface area (Å²) in [5.74, 6) is 0. The summed E-state index contributed by atoms with van der Waals surface area (Å²) in [6.45, 7) is 9.33. The minimum Gasteiger partial charge on any atom is -0.295 e. The molecule has 1 saturated heterocycles. The third-order valence-electron chi connectivity index (χ3n) is 5.58. The molecule has 3 nitrogen and oxygen atoms in total.